The molecule has 2 aliphatic rings. The quantitative estimate of drug-likeness (QED) is 0.658. The Morgan fingerprint density at radius 2 is 1.88 bits per heavy atom. The van der Waals surface area contributed by atoms with Crippen molar-refractivity contribution in [2.75, 3.05) is 31.1 Å². The normalized spacial score (nSPS) is 21.8. The molecule has 1 amide bonds. The van der Waals surface area contributed by atoms with Gasteiger partial charge in [0.05, 0.1) is 17.7 Å². The van der Waals surface area contributed by atoms with E-state index in [2.05, 4.69) is 9.88 Å². The van der Waals surface area contributed by atoms with Gasteiger partial charge in [-0.05, 0) is 49.9 Å². The summed E-state index contributed by atoms with van der Waals surface area (Å²) in [5.41, 5.74) is -1.01. The van der Waals surface area contributed by atoms with E-state index < -0.39 is 29.4 Å². The molecule has 32 heavy (non-hydrogen) atoms. The number of morpholine rings is 1. The van der Waals surface area contributed by atoms with Crippen molar-refractivity contribution < 1.29 is 27.1 Å². The van der Waals surface area contributed by atoms with Gasteiger partial charge >= 0.3 is 6.18 Å². The van der Waals surface area contributed by atoms with Crippen molar-refractivity contribution in [3.8, 4) is 0 Å². The van der Waals surface area contributed by atoms with E-state index in [9.17, 15) is 22.4 Å². The average molecular weight is 451 g/mol. The van der Waals surface area contributed by atoms with Crippen LogP contribution in [0.15, 0.2) is 42.6 Å². The zero-order valence-corrected chi connectivity index (χ0v) is 17.7. The number of ether oxygens (including phenoxy) is 1. The Labute approximate surface area is 184 Å². The molecule has 4 rings (SSSR count). The number of nitrogens with zero attached hydrogens (tertiary/aromatic N) is 3. The lowest BCUT2D eigenvalue weighted by Crippen LogP contribution is -2.62. The van der Waals surface area contributed by atoms with Crippen molar-refractivity contribution >= 4 is 11.7 Å². The van der Waals surface area contributed by atoms with Crippen molar-refractivity contribution in [3.05, 3.63) is 59.5 Å². The molecule has 9 heteroatoms. The molecule has 1 aromatic carbocycles. The Morgan fingerprint density at radius 1 is 1.16 bits per heavy atom. The Hall–Kier alpha value is -2.52. The minimum absolute atomic E-state index is 0.0252. The van der Waals surface area contributed by atoms with Crippen molar-refractivity contribution in [1.29, 1.82) is 0 Å². The summed E-state index contributed by atoms with van der Waals surface area (Å²) >= 11 is 0. The van der Waals surface area contributed by atoms with Crippen LogP contribution in [0.2, 0.25) is 0 Å². The molecule has 0 N–H and O–H groups in total. The zero-order valence-electron chi connectivity index (χ0n) is 17.7. The lowest BCUT2D eigenvalue weighted by Gasteiger charge is -2.49. The van der Waals surface area contributed by atoms with E-state index in [4.69, 9.17) is 4.74 Å². The minimum atomic E-state index is -4.62. The van der Waals surface area contributed by atoms with Gasteiger partial charge in [-0.15, -0.1) is 0 Å². The number of alkyl halides is 3. The van der Waals surface area contributed by atoms with Gasteiger partial charge < -0.3 is 9.64 Å². The highest BCUT2D eigenvalue weighted by Crippen LogP contribution is 2.39. The SMILES string of the molecule is C[C@@H]1OC2(CCN(CCc3ccccc3F)CC2)CN(c2ncccc2C(F)(F)F)C1=O. The van der Waals surface area contributed by atoms with Gasteiger partial charge in [-0.2, -0.15) is 13.2 Å². The largest absolute Gasteiger partial charge is 0.419 e. The number of carbonyl (C=O) groups excluding carboxylic acids is 1. The first-order valence-corrected chi connectivity index (χ1v) is 10.7. The van der Waals surface area contributed by atoms with Crippen LogP contribution in [-0.2, 0) is 22.1 Å². The van der Waals surface area contributed by atoms with Crippen LogP contribution in [0.1, 0.15) is 30.9 Å². The fraction of sp³-hybridized carbons (Fsp3) is 0.478. The predicted molar refractivity (Wildman–Crippen MR) is 111 cm³/mol. The highest BCUT2D eigenvalue weighted by Gasteiger charge is 2.48. The summed E-state index contributed by atoms with van der Waals surface area (Å²) in [6, 6.07) is 8.82. The number of amides is 1. The first kappa shape index (κ1) is 22.7. The number of hydrogen-bond donors (Lipinski definition) is 0. The maximum Gasteiger partial charge on any atom is 0.419 e. The summed E-state index contributed by atoms with van der Waals surface area (Å²) < 4.78 is 60.5. The molecule has 0 radical (unpaired) electrons. The van der Waals surface area contributed by atoms with Crippen molar-refractivity contribution in [1.82, 2.24) is 9.88 Å². The van der Waals surface area contributed by atoms with Gasteiger partial charge in [-0.3, -0.25) is 9.69 Å². The molecule has 1 spiro atoms. The maximum atomic E-state index is 13.9. The van der Waals surface area contributed by atoms with Crippen LogP contribution in [-0.4, -0.2) is 53.7 Å². The summed E-state index contributed by atoms with van der Waals surface area (Å²) in [4.78, 5) is 20.0. The average Bonchev–Trinajstić information content (AvgIpc) is 2.76. The van der Waals surface area contributed by atoms with Crippen molar-refractivity contribution in [2.24, 2.45) is 0 Å². The van der Waals surface area contributed by atoms with E-state index in [1.54, 1.807) is 25.1 Å². The Bertz CT molecular complexity index is 974. The Balaban J connectivity index is 1.46. The fourth-order valence-corrected chi connectivity index (χ4v) is 4.50. The molecule has 0 saturated carbocycles. The lowest BCUT2D eigenvalue weighted by atomic mass is 9.88. The molecule has 2 saturated heterocycles. The number of likely N-dealkylation sites (tertiary alicyclic amines) is 1. The summed E-state index contributed by atoms with van der Waals surface area (Å²) in [5, 5.41) is 0. The number of halogens is 4. The number of piperidine rings is 1. The number of benzene rings is 1. The summed E-state index contributed by atoms with van der Waals surface area (Å²) in [6.45, 7) is 3.57. The van der Waals surface area contributed by atoms with Crippen molar-refractivity contribution in [2.45, 2.75) is 44.1 Å². The highest BCUT2D eigenvalue weighted by atomic mass is 19.4. The minimum Gasteiger partial charge on any atom is -0.360 e. The number of carbonyl (C=O) groups is 1. The van der Waals surface area contributed by atoms with Crippen molar-refractivity contribution in [3.63, 3.8) is 0 Å². The Kier molecular flexibility index (Phi) is 6.22. The number of anilines is 1. The van der Waals surface area contributed by atoms with Crippen LogP contribution in [0.25, 0.3) is 0 Å². The second-order valence-electron chi connectivity index (χ2n) is 8.42. The molecule has 2 fully saturated rings. The first-order valence-electron chi connectivity index (χ1n) is 10.7. The van der Waals surface area contributed by atoms with Gasteiger partial charge in [0, 0.05) is 25.8 Å². The molecule has 0 bridgehead atoms. The highest BCUT2D eigenvalue weighted by molar-refractivity contribution is 5.97. The molecular weight excluding hydrogens is 426 g/mol. The van der Waals surface area contributed by atoms with Crippen LogP contribution >= 0.6 is 0 Å². The number of hydrogen-bond acceptors (Lipinski definition) is 4. The van der Waals surface area contributed by atoms with E-state index in [0.29, 0.717) is 44.5 Å². The molecule has 2 aliphatic heterocycles. The molecule has 5 nitrogen and oxygen atoms in total. The summed E-state index contributed by atoms with van der Waals surface area (Å²) in [5.74, 6) is -1.13. The third kappa shape index (κ3) is 4.63. The monoisotopic (exact) mass is 451 g/mol. The molecule has 0 unspecified atom stereocenters. The van der Waals surface area contributed by atoms with E-state index in [1.165, 1.54) is 18.3 Å². The number of pyridine rings is 1. The molecule has 1 aromatic heterocycles. The van der Waals surface area contributed by atoms with Gasteiger partial charge in [-0.1, -0.05) is 18.2 Å². The van der Waals surface area contributed by atoms with E-state index in [1.807, 2.05) is 0 Å². The smallest absolute Gasteiger partial charge is 0.360 e. The summed E-state index contributed by atoms with van der Waals surface area (Å²) in [6.07, 6.45) is -2.52. The van der Waals surface area contributed by atoms with E-state index in [0.717, 1.165) is 11.0 Å². The maximum absolute atomic E-state index is 13.9. The van der Waals surface area contributed by atoms with Gasteiger partial charge in [-0.25, -0.2) is 9.37 Å². The molecule has 1 atom stereocenters. The van der Waals surface area contributed by atoms with Gasteiger partial charge in [0.15, 0.2) is 0 Å². The molecular formula is C23H25F4N3O2. The molecule has 3 heterocycles. The zero-order chi connectivity index (χ0) is 22.9. The van der Waals surface area contributed by atoms with Gasteiger partial charge in [0.2, 0.25) is 0 Å². The third-order valence-corrected chi connectivity index (χ3v) is 6.26. The van der Waals surface area contributed by atoms with Crippen LogP contribution in [0, 0.1) is 5.82 Å². The van der Waals surface area contributed by atoms with Gasteiger partial charge in [0.25, 0.3) is 5.91 Å². The number of aromatic nitrogens is 1. The first-order chi connectivity index (χ1) is 15.2. The van der Waals surface area contributed by atoms with Crippen LogP contribution < -0.4 is 4.90 Å². The lowest BCUT2D eigenvalue weighted by molar-refractivity contribution is -0.162. The number of rotatable bonds is 4. The molecule has 172 valence electrons. The second-order valence-corrected chi connectivity index (χ2v) is 8.42. The molecule has 2 aromatic rings. The molecule has 0 aliphatic carbocycles. The van der Waals surface area contributed by atoms with Crippen LogP contribution in [0.3, 0.4) is 0 Å². The summed E-state index contributed by atoms with van der Waals surface area (Å²) in [7, 11) is 0. The van der Waals surface area contributed by atoms with E-state index >= 15 is 0 Å². The third-order valence-electron chi connectivity index (χ3n) is 6.26. The second kappa shape index (κ2) is 8.78. The van der Waals surface area contributed by atoms with Gasteiger partial charge in [0.1, 0.15) is 17.7 Å². The van der Waals surface area contributed by atoms with Crippen LogP contribution in [0.4, 0.5) is 23.4 Å². The standard InChI is InChI=1S/C23H25F4N3O2/c1-16-21(31)30(20-18(23(25,26)27)6-4-11-28-20)15-22(32-16)9-13-29(14-10-22)12-8-17-5-2-3-7-19(17)24/h2-7,11,16H,8-10,12-15H2,1H3/t16-/m0/s1. The fourth-order valence-electron chi connectivity index (χ4n) is 4.50. The predicted octanol–water partition coefficient (Wildman–Crippen LogP) is 4.07. The van der Waals surface area contributed by atoms with Crippen LogP contribution in [0.5, 0.6) is 0 Å². The van der Waals surface area contributed by atoms with E-state index in [-0.39, 0.29) is 18.2 Å². The Morgan fingerprint density at radius 3 is 2.56 bits per heavy atom. The topological polar surface area (TPSA) is 45.7 Å².